The van der Waals surface area contributed by atoms with Gasteiger partial charge in [-0.1, -0.05) is 18.2 Å². The van der Waals surface area contributed by atoms with Gasteiger partial charge in [0.25, 0.3) is 0 Å². The molecule has 0 spiro atoms. The summed E-state index contributed by atoms with van der Waals surface area (Å²) in [7, 11) is 0. The Morgan fingerprint density at radius 3 is 2.69 bits per heavy atom. The fourth-order valence-corrected chi connectivity index (χ4v) is 5.47. The van der Waals surface area contributed by atoms with Crippen LogP contribution in [-0.4, -0.2) is 24.2 Å². The van der Waals surface area contributed by atoms with Crippen molar-refractivity contribution in [1.29, 1.82) is 0 Å². The second kappa shape index (κ2) is 7.80. The number of hydrogen-bond acceptors (Lipinski definition) is 2. The average Bonchev–Trinajstić information content (AvgIpc) is 3.08. The van der Waals surface area contributed by atoms with E-state index >= 15 is 0 Å². The van der Waals surface area contributed by atoms with E-state index in [1.165, 1.54) is 24.1 Å². The molecule has 4 rings (SSSR count). The van der Waals surface area contributed by atoms with Crippen molar-refractivity contribution in [2.45, 2.75) is 63.7 Å². The Labute approximate surface area is 159 Å². The first-order chi connectivity index (χ1) is 12.7. The van der Waals surface area contributed by atoms with E-state index in [-0.39, 0.29) is 6.03 Å². The molecule has 2 atom stereocenters. The Morgan fingerprint density at radius 1 is 1.19 bits per heavy atom. The summed E-state index contributed by atoms with van der Waals surface area (Å²) >= 11 is 1.87. The molecule has 1 aromatic carbocycles. The van der Waals surface area contributed by atoms with Crippen molar-refractivity contribution in [1.82, 2.24) is 5.32 Å². The number of quaternary nitrogens is 1. The van der Waals surface area contributed by atoms with Gasteiger partial charge in [-0.05, 0) is 55.3 Å². The van der Waals surface area contributed by atoms with E-state index < -0.39 is 0 Å². The van der Waals surface area contributed by atoms with Crippen LogP contribution in [-0.2, 0) is 6.54 Å². The maximum Gasteiger partial charge on any atom is 0.319 e. The van der Waals surface area contributed by atoms with Crippen LogP contribution < -0.4 is 15.5 Å². The van der Waals surface area contributed by atoms with Crippen molar-refractivity contribution in [3.8, 4) is 0 Å². The predicted molar refractivity (Wildman–Crippen MR) is 107 cm³/mol. The van der Waals surface area contributed by atoms with Gasteiger partial charge in [0.1, 0.15) is 6.54 Å². The molecule has 2 aliphatic heterocycles. The number of fused-ring (bicyclic) bond motifs is 2. The van der Waals surface area contributed by atoms with Crippen LogP contribution in [0.25, 0.3) is 0 Å². The van der Waals surface area contributed by atoms with Crippen molar-refractivity contribution >= 4 is 23.1 Å². The zero-order valence-corrected chi connectivity index (χ0v) is 16.1. The minimum Gasteiger partial charge on any atom is -0.335 e. The van der Waals surface area contributed by atoms with E-state index in [2.05, 4.69) is 28.1 Å². The Morgan fingerprint density at radius 2 is 2.00 bits per heavy atom. The number of hydrogen-bond donors (Lipinski definition) is 3. The van der Waals surface area contributed by atoms with Crippen LogP contribution in [0.15, 0.2) is 41.8 Å². The topological polar surface area (TPSA) is 45.6 Å². The SMILES string of the molecule is Cc1cccc(NC(=O)NC2C[C@H]3CCC[C@H](C2)[NH+]3Cc2cccs2)c1. The molecule has 0 saturated carbocycles. The number of anilines is 1. The Hall–Kier alpha value is -1.85. The maximum atomic E-state index is 12.4. The lowest BCUT2D eigenvalue weighted by Gasteiger charge is -2.45. The van der Waals surface area contributed by atoms with Crippen LogP contribution in [0.5, 0.6) is 0 Å². The van der Waals surface area contributed by atoms with E-state index in [0.29, 0.717) is 18.1 Å². The smallest absolute Gasteiger partial charge is 0.319 e. The van der Waals surface area contributed by atoms with Crippen LogP contribution in [0.1, 0.15) is 42.5 Å². The van der Waals surface area contributed by atoms with Gasteiger partial charge < -0.3 is 15.5 Å². The fraction of sp³-hybridized carbons (Fsp3) is 0.476. The molecule has 4 nitrogen and oxygen atoms in total. The number of carbonyl (C=O) groups excluding carboxylic acids is 1. The molecule has 1 aromatic heterocycles. The van der Waals surface area contributed by atoms with E-state index in [9.17, 15) is 4.79 Å². The lowest BCUT2D eigenvalue weighted by atomic mass is 9.81. The summed E-state index contributed by atoms with van der Waals surface area (Å²) in [4.78, 5) is 15.7. The van der Waals surface area contributed by atoms with Crippen molar-refractivity contribution < 1.29 is 9.69 Å². The molecular formula is C21H28N3OS+. The largest absolute Gasteiger partial charge is 0.335 e. The van der Waals surface area contributed by atoms with Gasteiger partial charge in [0, 0.05) is 24.6 Å². The van der Waals surface area contributed by atoms with Gasteiger partial charge in [-0.25, -0.2) is 4.79 Å². The highest BCUT2D eigenvalue weighted by atomic mass is 32.1. The molecule has 2 aliphatic rings. The van der Waals surface area contributed by atoms with Crippen molar-refractivity contribution in [3.05, 3.63) is 52.2 Å². The lowest BCUT2D eigenvalue weighted by molar-refractivity contribution is -0.973. The second-order valence-corrected chi connectivity index (χ2v) is 8.82. The van der Waals surface area contributed by atoms with Crippen molar-refractivity contribution in [2.75, 3.05) is 5.32 Å². The van der Waals surface area contributed by atoms with Crippen LogP contribution in [0, 0.1) is 6.92 Å². The number of piperidine rings is 2. The Kier molecular flexibility index (Phi) is 5.27. The molecule has 0 unspecified atom stereocenters. The molecule has 2 fully saturated rings. The normalized spacial score (nSPS) is 27.7. The van der Waals surface area contributed by atoms with Crippen molar-refractivity contribution in [2.24, 2.45) is 0 Å². The van der Waals surface area contributed by atoms with Crippen LogP contribution in [0.3, 0.4) is 0 Å². The summed E-state index contributed by atoms with van der Waals surface area (Å²) in [6.45, 7) is 3.19. The number of benzene rings is 1. The molecule has 26 heavy (non-hydrogen) atoms. The third-order valence-corrected chi connectivity index (χ3v) is 6.74. The first-order valence-corrected chi connectivity index (χ1v) is 10.6. The number of carbonyl (C=O) groups is 1. The maximum absolute atomic E-state index is 12.4. The third kappa shape index (κ3) is 4.10. The number of thiophene rings is 1. The summed E-state index contributed by atoms with van der Waals surface area (Å²) in [5.74, 6) is 0. The van der Waals surface area contributed by atoms with E-state index in [4.69, 9.17) is 0 Å². The second-order valence-electron chi connectivity index (χ2n) is 7.79. The van der Waals surface area contributed by atoms with Gasteiger partial charge in [0.05, 0.1) is 17.0 Å². The number of amides is 2. The first kappa shape index (κ1) is 17.6. The van der Waals surface area contributed by atoms with E-state index in [1.807, 2.05) is 42.5 Å². The number of rotatable bonds is 4. The lowest BCUT2D eigenvalue weighted by Crippen LogP contribution is -3.20. The van der Waals surface area contributed by atoms with Gasteiger partial charge in [-0.3, -0.25) is 0 Å². The molecule has 2 bridgehead atoms. The van der Waals surface area contributed by atoms with Crippen molar-refractivity contribution in [3.63, 3.8) is 0 Å². The number of aryl methyl sites for hydroxylation is 1. The average molecular weight is 371 g/mol. The molecular weight excluding hydrogens is 342 g/mol. The molecule has 2 amide bonds. The molecule has 2 aromatic rings. The number of nitrogens with one attached hydrogen (secondary N) is 3. The van der Waals surface area contributed by atoms with Gasteiger partial charge in [-0.2, -0.15) is 0 Å². The van der Waals surface area contributed by atoms with Crippen LogP contribution >= 0.6 is 11.3 Å². The molecule has 3 heterocycles. The van der Waals surface area contributed by atoms with Gasteiger partial charge >= 0.3 is 6.03 Å². The summed E-state index contributed by atoms with van der Waals surface area (Å²) in [6.07, 6.45) is 6.10. The highest BCUT2D eigenvalue weighted by Gasteiger charge is 2.42. The fourth-order valence-electron chi connectivity index (χ4n) is 4.73. The van der Waals surface area contributed by atoms with E-state index in [0.717, 1.165) is 30.6 Å². The third-order valence-electron chi connectivity index (χ3n) is 5.86. The summed E-state index contributed by atoms with van der Waals surface area (Å²) in [5.41, 5.74) is 2.02. The highest BCUT2D eigenvalue weighted by molar-refractivity contribution is 7.09. The monoisotopic (exact) mass is 370 g/mol. The summed E-state index contributed by atoms with van der Waals surface area (Å²) in [5, 5.41) is 8.40. The minimum absolute atomic E-state index is 0.0691. The molecule has 138 valence electrons. The van der Waals surface area contributed by atoms with Crippen LogP contribution in [0.2, 0.25) is 0 Å². The van der Waals surface area contributed by atoms with Gasteiger partial charge in [0.15, 0.2) is 0 Å². The molecule has 0 radical (unpaired) electrons. The first-order valence-electron chi connectivity index (χ1n) is 9.69. The molecule has 2 saturated heterocycles. The van der Waals surface area contributed by atoms with Gasteiger partial charge in [0.2, 0.25) is 0 Å². The molecule has 0 aliphatic carbocycles. The minimum atomic E-state index is -0.0691. The van der Waals surface area contributed by atoms with E-state index in [1.54, 1.807) is 4.90 Å². The Balaban J connectivity index is 1.35. The Bertz CT molecular complexity index is 731. The van der Waals surface area contributed by atoms with Crippen LogP contribution in [0.4, 0.5) is 10.5 Å². The quantitative estimate of drug-likeness (QED) is 0.759. The standard InChI is InChI=1S/C21H27N3OS/c1-15-5-2-6-16(11-15)22-21(25)23-17-12-18-7-3-8-19(13-17)24(18)14-20-9-4-10-26-20/h2,4-6,9-11,17-19H,3,7-8,12-14H2,1H3,(H2,22,23,25)/p+1/t18-,19-/m1/s1. The molecule has 5 heteroatoms. The molecule has 3 N–H and O–H groups in total. The summed E-state index contributed by atoms with van der Waals surface area (Å²) in [6, 6.07) is 13.9. The zero-order chi connectivity index (χ0) is 17.9. The number of urea groups is 1. The highest BCUT2D eigenvalue weighted by Crippen LogP contribution is 2.23. The predicted octanol–water partition coefficient (Wildman–Crippen LogP) is 3.35. The summed E-state index contributed by atoms with van der Waals surface area (Å²) < 4.78 is 0. The van der Waals surface area contributed by atoms with Gasteiger partial charge in [-0.15, -0.1) is 11.3 Å². The zero-order valence-electron chi connectivity index (χ0n) is 15.3.